The molecule has 1 aromatic rings. The molecular formula is C31H44ClN3O11. The zero-order valence-corrected chi connectivity index (χ0v) is 26.8. The second kappa shape index (κ2) is 21.7. The van der Waals surface area contributed by atoms with Gasteiger partial charge < -0.3 is 33.7 Å². The van der Waals surface area contributed by atoms with Crippen molar-refractivity contribution in [3.05, 3.63) is 29.3 Å². The maximum absolute atomic E-state index is 13.1. The SMILES string of the molecule is O=C1CCC(N2C(=O)c3cccc(NC(=O)CCCCCOCCOCCOCCOCCOCCOCCCl)c3C2=O)C(=O)N1. The fourth-order valence-corrected chi connectivity index (χ4v) is 4.86. The highest BCUT2D eigenvalue weighted by Crippen LogP contribution is 2.32. The van der Waals surface area contributed by atoms with E-state index in [0.717, 1.165) is 17.7 Å². The van der Waals surface area contributed by atoms with E-state index in [0.29, 0.717) is 91.6 Å². The molecule has 1 saturated heterocycles. The highest BCUT2D eigenvalue weighted by atomic mass is 35.5. The van der Waals surface area contributed by atoms with Crippen molar-refractivity contribution in [3.8, 4) is 0 Å². The number of rotatable bonds is 25. The van der Waals surface area contributed by atoms with E-state index in [1.807, 2.05) is 0 Å². The Morgan fingerprint density at radius 2 is 1.33 bits per heavy atom. The molecule has 0 saturated carbocycles. The van der Waals surface area contributed by atoms with Gasteiger partial charge in [0.25, 0.3) is 11.8 Å². The predicted octanol–water partition coefficient (Wildman–Crippen LogP) is 1.93. The number of unbranched alkanes of at least 4 members (excludes halogenated alkanes) is 2. The van der Waals surface area contributed by atoms with Crippen molar-refractivity contribution in [2.24, 2.45) is 0 Å². The molecular weight excluding hydrogens is 626 g/mol. The van der Waals surface area contributed by atoms with Crippen LogP contribution < -0.4 is 10.6 Å². The number of imide groups is 2. The van der Waals surface area contributed by atoms with Crippen LogP contribution in [0.15, 0.2) is 18.2 Å². The fourth-order valence-electron chi connectivity index (χ4n) is 4.75. The lowest BCUT2D eigenvalue weighted by molar-refractivity contribution is -0.136. The highest BCUT2D eigenvalue weighted by molar-refractivity contribution is 6.26. The Labute approximate surface area is 273 Å². The lowest BCUT2D eigenvalue weighted by Crippen LogP contribution is -2.54. The Morgan fingerprint density at radius 1 is 0.761 bits per heavy atom. The Bertz CT molecular complexity index is 1150. The molecule has 14 nitrogen and oxygen atoms in total. The molecule has 0 aliphatic carbocycles. The summed E-state index contributed by atoms with van der Waals surface area (Å²) >= 11 is 5.51. The van der Waals surface area contributed by atoms with Crippen LogP contribution in [0.25, 0.3) is 0 Å². The van der Waals surface area contributed by atoms with Gasteiger partial charge in [0, 0.05) is 25.3 Å². The Morgan fingerprint density at radius 3 is 1.89 bits per heavy atom. The summed E-state index contributed by atoms with van der Waals surface area (Å²) in [5.74, 6) is -2.22. The molecule has 256 valence electrons. The van der Waals surface area contributed by atoms with Crippen LogP contribution in [0.3, 0.4) is 0 Å². The average molecular weight is 670 g/mol. The monoisotopic (exact) mass is 669 g/mol. The minimum absolute atomic E-state index is 0.0325. The number of alkyl halides is 1. The van der Waals surface area contributed by atoms with Crippen LogP contribution in [0, 0.1) is 0 Å². The molecule has 2 N–H and O–H groups in total. The molecule has 1 unspecified atom stereocenters. The molecule has 1 atom stereocenters. The number of piperidine rings is 1. The Kier molecular flexibility index (Phi) is 17.7. The van der Waals surface area contributed by atoms with Crippen LogP contribution in [0.4, 0.5) is 5.69 Å². The van der Waals surface area contributed by atoms with Gasteiger partial charge in [-0.2, -0.15) is 0 Å². The number of nitrogens with zero attached hydrogens (tertiary/aromatic N) is 1. The van der Waals surface area contributed by atoms with E-state index >= 15 is 0 Å². The number of amides is 5. The third-order valence-corrected chi connectivity index (χ3v) is 7.17. The van der Waals surface area contributed by atoms with E-state index in [-0.39, 0.29) is 42.0 Å². The van der Waals surface area contributed by atoms with Gasteiger partial charge >= 0.3 is 0 Å². The summed E-state index contributed by atoms with van der Waals surface area (Å²) in [5, 5.41) is 4.90. The van der Waals surface area contributed by atoms with Crippen molar-refractivity contribution in [1.29, 1.82) is 0 Å². The summed E-state index contributed by atoms with van der Waals surface area (Å²) in [5.41, 5.74) is 0.393. The van der Waals surface area contributed by atoms with Gasteiger partial charge in [-0.15, -0.1) is 11.6 Å². The van der Waals surface area contributed by atoms with Crippen molar-refractivity contribution in [1.82, 2.24) is 10.2 Å². The summed E-state index contributed by atoms with van der Waals surface area (Å²) in [6.45, 7) is 5.91. The van der Waals surface area contributed by atoms with E-state index in [4.69, 9.17) is 40.0 Å². The van der Waals surface area contributed by atoms with Crippen molar-refractivity contribution in [3.63, 3.8) is 0 Å². The summed E-state index contributed by atoms with van der Waals surface area (Å²) in [6, 6.07) is 3.54. The standard InChI is InChI=1S/C31H44ClN3O11/c32-10-12-42-14-16-44-18-20-46-22-21-45-19-17-43-15-13-41-11-3-1-2-7-26(36)33-24-6-4-5-23-28(24)31(40)35(30(23)39)25-8-9-27(37)34-29(25)38/h4-6,25H,1-3,7-22H2,(H,33,36)(H,34,37,38). The van der Waals surface area contributed by atoms with Gasteiger partial charge in [0.2, 0.25) is 17.7 Å². The number of halogens is 1. The van der Waals surface area contributed by atoms with E-state index in [9.17, 15) is 24.0 Å². The van der Waals surface area contributed by atoms with Crippen LogP contribution in [-0.2, 0) is 42.8 Å². The number of anilines is 1. The number of carbonyl (C=O) groups is 5. The summed E-state index contributed by atoms with van der Waals surface area (Å²) in [4.78, 5) is 63.3. The van der Waals surface area contributed by atoms with Crippen LogP contribution in [0.1, 0.15) is 59.2 Å². The lowest BCUT2D eigenvalue weighted by atomic mass is 10.0. The molecule has 15 heteroatoms. The zero-order valence-electron chi connectivity index (χ0n) is 26.1. The van der Waals surface area contributed by atoms with Crippen LogP contribution in [0.5, 0.6) is 0 Å². The first-order valence-corrected chi connectivity index (χ1v) is 16.1. The van der Waals surface area contributed by atoms with Gasteiger partial charge in [0.15, 0.2) is 0 Å². The largest absolute Gasteiger partial charge is 0.379 e. The number of ether oxygens (including phenoxy) is 6. The smallest absolute Gasteiger partial charge is 0.264 e. The first-order valence-electron chi connectivity index (χ1n) is 15.6. The van der Waals surface area contributed by atoms with Crippen LogP contribution in [0.2, 0.25) is 0 Å². The third-order valence-electron chi connectivity index (χ3n) is 7.02. The lowest BCUT2D eigenvalue weighted by Gasteiger charge is -2.27. The molecule has 1 aromatic carbocycles. The summed E-state index contributed by atoms with van der Waals surface area (Å²) in [6.07, 6.45) is 2.49. The molecule has 3 rings (SSSR count). The second-order valence-corrected chi connectivity index (χ2v) is 10.8. The quantitative estimate of drug-likeness (QED) is 0.0887. The number of benzene rings is 1. The Balaban J connectivity index is 1.16. The molecule has 2 aliphatic rings. The fraction of sp³-hybridized carbons (Fsp3) is 0.645. The summed E-state index contributed by atoms with van der Waals surface area (Å²) < 4.78 is 32.5. The molecule has 46 heavy (non-hydrogen) atoms. The van der Waals surface area contributed by atoms with E-state index in [1.165, 1.54) is 6.07 Å². The van der Waals surface area contributed by atoms with Crippen molar-refractivity contribution < 1.29 is 52.4 Å². The normalized spacial score (nSPS) is 16.2. The number of hydrogen-bond donors (Lipinski definition) is 2. The molecule has 2 aliphatic heterocycles. The third kappa shape index (κ3) is 12.7. The van der Waals surface area contributed by atoms with E-state index in [2.05, 4.69) is 10.6 Å². The van der Waals surface area contributed by atoms with Crippen molar-refractivity contribution >= 4 is 46.8 Å². The van der Waals surface area contributed by atoms with Gasteiger partial charge in [-0.1, -0.05) is 12.5 Å². The minimum Gasteiger partial charge on any atom is -0.379 e. The average Bonchev–Trinajstić information content (AvgIpc) is 3.29. The second-order valence-electron chi connectivity index (χ2n) is 10.4. The van der Waals surface area contributed by atoms with Crippen LogP contribution >= 0.6 is 11.6 Å². The topological polar surface area (TPSA) is 168 Å². The van der Waals surface area contributed by atoms with Crippen molar-refractivity contribution in [2.45, 2.75) is 44.6 Å². The van der Waals surface area contributed by atoms with Gasteiger partial charge in [-0.25, -0.2) is 0 Å². The van der Waals surface area contributed by atoms with E-state index in [1.54, 1.807) is 12.1 Å². The number of carbonyl (C=O) groups excluding carboxylic acids is 5. The molecule has 0 aromatic heterocycles. The summed E-state index contributed by atoms with van der Waals surface area (Å²) in [7, 11) is 0. The first-order chi connectivity index (χ1) is 22.4. The number of hydrogen-bond acceptors (Lipinski definition) is 11. The Hall–Kier alpha value is -2.98. The van der Waals surface area contributed by atoms with Gasteiger partial charge in [-0.3, -0.25) is 34.2 Å². The first kappa shape index (κ1) is 37.5. The molecule has 1 fully saturated rings. The molecule has 0 spiro atoms. The maximum Gasteiger partial charge on any atom is 0.264 e. The highest BCUT2D eigenvalue weighted by Gasteiger charge is 2.45. The van der Waals surface area contributed by atoms with Crippen LogP contribution in [-0.4, -0.2) is 126 Å². The molecule has 2 heterocycles. The van der Waals surface area contributed by atoms with Gasteiger partial charge in [0.1, 0.15) is 6.04 Å². The van der Waals surface area contributed by atoms with E-state index < -0.39 is 29.7 Å². The molecule has 5 amide bonds. The van der Waals surface area contributed by atoms with Gasteiger partial charge in [0.05, 0.1) is 89.5 Å². The number of fused-ring (bicyclic) bond motifs is 1. The van der Waals surface area contributed by atoms with Gasteiger partial charge in [-0.05, 0) is 31.4 Å². The molecule has 0 radical (unpaired) electrons. The molecule has 0 bridgehead atoms. The zero-order chi connectivity index (χ0) is 33.0. The number of nitrogens with one attached hydrogen (secondary N) is 2. The predicted molar refractivity (Wildman–Crippen MR) is 166 cm³/mol. The minimum atomic E-state index is -1.07. The maximum atomic E-state index is 13.1. The van der Waals surface area contributed by atoms with Crippen molar-refractivity contribution in [2.75, 3.05) is 90.5 Å².